The number of esters is 1. The first kappa shape index (κ1) is 18.8. The van der Waals surface area contributed by atoms with Gasteiger partial charge in [-0.25, -0.2) is 4.79 Å². The minimum Gasteiger partial charge on any atom is -0.452 e. The van der Waals surface area contributed by atoms with Gasteiger partial charge in [0, 0.05) is 17.0 Å². The van der Waals surface area contributed by atoms with Gasteiger partial charge in [-0.2, -0.15) is 0 Å². The predicted molar refractivity (Wildman–Crippen MR) is 101 cm³/mol. The second-order valence-electron chi connectivity index (χ2n) is 6.29. The lowest BCUT2D eigenvalue weighted by Gasteiger charge is -2.12. The minimum atomic E-state index is -0.782. The summed E-state index contributed by atoms with van der Waals surface area (Å²) >= 11 is 1.52. The Morgan fingerprint density at radius 1 is 1.37 bits per heavy atom. The Hall–Kier alpha value is -2.94. The lowest BCUT2D eigenvalue weighted by atomic mass is 10.1. The Balaban J connectivity index is 1.57. The van der Waals surface area contributed by atoms with Crippen LogP contribution in [-0.2, 0) is 9.53 Å². The number of hydrogen-bond acceptors (Lipinski definition) is 7. The molecule has 1 fully saturated rings. The van der Waals surface area contributed by atoms with E-state index in [1.165, 1.54) is 29.5 Å². The number of nitrogens with one attached hydrogen (secondary N) is 2. The van der Waals surface area contributed by atoms with Crippen molar-refractivity contribution in [3.63, 3.8) is 0 Å². The monoisotopic (exact) mass is 389 g/mol. The predicted octanol–water partition coefficient (Wildman–Crippen LogP) is 3.26. The summed E-state index contributed by atoms with van der Waals surface area (Å²) in [5.41, 5.74) is 0.218. The number of nitro groups is 1. The number of thiophene rings is 1. The molecular formula is C18H19N3O5S. The maximum absolute atomic E-state index is 12.1. The molecular weight excluding hydrogens is 370 g/mol. The molecule has 142 valence electrons. The highest BCUT2D eigenvalue weighted by molar-refractivity contribution is 7.10. The van der Waals surface area contributed by atoms with Crippen molar-refractivity contribution in [2.45, 2.75) is 31.8 Å². The standard InChI is InChI=1S/C18H19N3O5S/c1-11(16-3-2-8-27-16)19-17(22)10-26-18(23)12-4-7-14(20-13-5-6-13)15(9-12)21(24)25/h2-4,7-9,11,13,20H,5-6,10H2,1H3,(H,19,22)/t11-/m0/s1. The quantitative estimate of drug-likeness (QED) is 0.407. The van der Waals surface area contributed by atoms with E-state index in [1.807, 2.05) is 24.4 Å². The van der Waals surface area contributed by atoms with Crippen LogP contribution < -0.4 is 10.6 Å². The molecule has 1 aromatic heterocycles. The van der Waals surface area contributed by atoms with Gasteiger partial charge < -0.3 is 15.4 Å². The Morgan fingerprint density at radius 2 is 2.15 bits per heavy atom. The van der Waals surface area contributed by atoms with Crippen LogP contribution in [0.1, 0.15) is 41.0 Å². The van der Waals surface area contributed by atoms with Crippen LogP contribution in [0.15, 0.2) is 35.7 Å². The molecule has 1 aromatic carbocycles. The molecule has 2 N–H and O–H groups in total. The Kier molecular flexibility index (Phi) is 5.70. The highest BCUT2D eigenvalue weighted by Crippen LogP contribution is 2.31. The minimum absolute atomic E-state index is 0.0298. The van der Waals surface area contributed by atoms with Crippen molar-refractivity contribution in [1.29, 1.82) is 0 Å². The molecule has 1 amide bonds. The fourth-order valence-electron chi connectivity index (χ4n) is 2.49. The van der Waals surface area contributed by atoms with E-state index in [1.54, 1.807) is 0 Å². The number of ether oxygens (including phenoxy) is 1. The van der Waals surface area contributed by atoms with Crippen LogP contribution in [0, 0.1) is 10.1 Å². The number of hydrogen-bond donors (Lipinski definition) is 2. The van der Waals surface area contributed by atoms with Crippen molar-refractivity contribution >= 4 is 34.6 Å². The van der Waals surface area contributed by atoms with E-state index >= 15 is 0 Å². The molecule has 1 aliphatic carbocycles. The highest BCUT2D eigenvalue weighted by atomic mass is 32.1. The number of nitro benzene ring substituents is 1. The molecule has 3 rings (SSSR count). The molecule has 1 heterocycles. The Labute approximate surface area is 159 Å². The van der Waals surface area contributed by atoms with Crippen molar-refractivity contribution in [1.82, 2.24) is 5.32 Å². The van der Waals surface area contributed by atoms with E-state index in [9.17, 15) is 19.7 Å². The summed E-state index contributed by atoms with van der Waals surface area (Å²) in [6.07, 6.45) is 1.94. The van der Waals surface area contributed by atoms with Gasteiger partial charge >= 0.3 is 5.97 Å². The molecule has 8 nitrogen and oxygen atoms in total. The van der Waals surface area contributed by atoms with E-state index in [-0.39, 0.29) is 23.3 Å². The van der Waals surface area contributed by atoms with Gasteiger partial charge in [0.05, 0.1) is 16.5 Å². The van der Waals surface area contributed by atoms with Crippen LogP contribution in [0.4, 0.5) is 11.4 Å². The maximum atomic E-state index is 12.1. The van der Waals surface area contributed by atoms with Crippen LogP contribution in [-0.4, -0.2) is 29.4 Å². The van der Waals surface area contributed by atoms with Crippen LogP contribution in [0.3, 0.4) is 0 Å². The lowest BCUT2D eigenvalue weighted by molar-refractivity contribution is -0.384. The highest BCUT2D eigenvalue weighted by Gasteiger charge is 2.26. The Morgan fingerprint density at radius 3 is 2.78 bits per heavy atom. The first-order chi connectivity index (χ1) is 12.9. The largest absolute Gasteiger partial charge is 0.452 e. The molecule has 27 heavy (non-hydrogen) atoms. The van der Waals surface area contributed by atoms with Crippen molar-refractivity contribution < 1.29 is 19.2 Å². The van der Waals surface area contributed by atoms with E-state index < -0.39 is 23.4 Å². The summed E-state index contributed by atoms with van der Waals surface area (Å²) in [5, 5.41) is 19.0. The molecule has 0 radical (unpaired) electrons. The third kappa shape index (κ3) is 5.04. The molecule has 1 aliphatic rings. The van der Waals surface area contributed by atoms with E-state index in [0.717, 1.165) is 17.7 Å². The topological polar surface area (TPSA) is 111 Å². The van der Waals surface area contributed by atoms with E-state index in [2.05, 4.69) is 10.6 Å². The van der Waals surface area contributed by atoms with Crippen molar-refractivity contribution in [3.8, 4) is 0 Å². The first-order valence-electron chi connectivity index (χ1n) is 8.49. The van der Waals surface area contributed by atoms with Crippen LogP contribution >= 0.6 is 11.3 Å². The summed E-state index contributed by atoms with van der Waals surface area (Å²) in [6.45, 7) is 1.38. The van der Waals surface area contributed by atoms with Gasteiger partial charge in [-0.05, 0) is 43.3 Å². The summed E-state index contributed by atoms with van der Waals surface area (Å²) in [4.78, 5) is 35.8. The Bertz CT molecular complexity index is 849. The molecule has 0 bridgehead atoms. The summed E-state index contributed by atoms with van der Waals surface area (Å²) in [6, 6.07) is 7.95. The van der Waals surface area contributed by atoms with Crippen molar-refractivity contribution in [2.75, 3.05) is 11.9 Å². The van der Waals surface area contributed by atoms with Gasteiger partial charge in [-0.1, -0.05) is 6.07 Å². The molecule has 0 spiro atoms. The SMILES string of the molecule is C[C@H](NC(=O)COC(=O)c1ccc(NC2CC2)c([N+](=O)[O-])c1)c1cccs1. The van der Waals surface area contributed by atoms with Gasteiger partial charge in [0.1, 0.15) is 5.69 Å². The summed E-state index contributed by atoms with van der Waals surface area (Å²) in [5.74, 6) is -1.22. The molecule has 0 unspecified atom stereocenters. The fourth-order valence-corrected chi connectivity index (χ4v) is 3.22. The number of carbonyl (C=O) groups excluding carboxylic acids is 2. The number of benzene rings is 1. The van der Waals surface area contributed by atoms with Gasteiger partial charge in [0.2, 0.25) is 0 Å². The van der Waals surface area contributed by atoms with Crippen molar-refractivity contribution in [2.24, 2.45) is 0 Å². The summed E-state index contributed by atoms with van der Waals surface area (Å²) in [7, 11) is 0. The molecule has 9 heteroatoms. The normalized spacial score (nSPS) is 14.3. The summed E-state index contributed by atoms with van der Waals surface area (Å²) < 4.78 is 4.99. The van der Waals surface area contributed by atoms with E-state index in [4.69, 9.17) is 4.74 Å². The third-order valence-corrected chi connectivity index (χ3v) is 5.10. The molecule has 1 atom stereocenters. The van der Waals surface area contributed by atoms with Crippen molar-refractivity contribution in [3.05, 3.63) is 56.3 Å². The number of anilines is 1. The molecule has 0 aliphatic heterocycles. The number of rotatable bonds is 8. The van der Waals surface area contributed by atoms with Crippen LogP contribution in [0.25, 0.3) is 0 Å². The second kappa shape index (κ2) is 8.17. The van der Waals surface area contributed by atoms with Crippen LogP contribution in [0.5, 0.6) is 0 Å². The van der Waals surface area contributed by atoms with Gasteiger partial charge in [-0.15, -0.1) is 11.3 Å². The molecule has 1 saturated carbocycles. The smallest absolute Gasteiger partial charge is 0.338 e. The third-order valence-electron chi connectivity index (χ3n) is 4.05. The second-order valence-corrected chi connectivity index (χ2v) is 7.27. The van der Waals surface area contributed by atoms with Gasteiger partial charge in [0.15, 0.2) is 6.61 Å². The lowest BCUT2D eigenvalue weighted by Crippen LogP contribution is -2.30. The van der Waals surface area contributed by atoms with Crippen LogP contribution in [0.2, 0.25) is 0 Å². The number of amides is 1. The average molecular weight is 389 g/mol. The number of nitrogens with zero attached hydrogens (tertiary/aromatic N) is 1. The first-order valence-corrected chi connectivity index (χ1v) is 9.37. The maximum Gasteiger partial charge on any atom is 0.338 e. The molecule has 0 saturated heterocycles. The van der Waals surface area contributed by atoms with E-state index in [0.29, 0.717) is 5.69 Å². The zero-order valence-corrected chi connectivity index (χ0v) is 15.5. The van der Waals surface area contributed by atoms with Gasteiger partial charge in [-0.3, -0.25) is 14.9 Å². The zero-order valence-electron chi connectivity index (χ0n) is 14.6. The average Bonchev–Trinajstić information content (AvgIpc) is 3.28. The van der Waals surface area contributed by atoms with Gasteiger partial charge in [0.25, 0.3) is 11.6 Å². The zero-order chi connectivity index (χ0) is 19.4. The number of carbonyl (C=O) groups is 2. The molecule has 2 aromatic rings. The fraction of sp³-hybridized carbons (Fsp3) is 0.333.